The predicted molar refractivity (Wildman–Crippen MR) is 88.4 cm³/mol. The predicted octanol–water partition coefficient (Wildman–Crippen LogP) is 0.820. The molecule has 0 bridgehead atoms. The van der Waals surface area contributed by atoms with Gasteiger partial charge in [0, 0.05) is 24.1 Å². The van der Waals surface area contributed by atoms with Crippen molar-refractivity contribution in [3.05, 3.63) is 23.8 Å². The molecule has 0 spiro atoms. The maximum atomic E-state index is 12.1. The summed E-state index contributed by atoms with van der Waals surface area (Å²) in [6, 6.07) is 4.16. The highest BCUT2D eigenvalue weighted by atomic mass is 16.6. The number of aliphatic hydroxyl groups is 1. The number of ether oxygens (including phenoxy) is 2. The number of phenols is 1. The van der Waals surface area contributed by atoms with Crippen LogP contribution in [0.25, 0.3) is 0 Å². The Bertz CT molecular complexity index is 599. The van der Waals surface area contributed by atoms with E-state index in [4.69, 9.17) is 15.2 Å². The molecule has 1 fully saturated rings. The van der Waals surface area contributed by atoms with Crippen molar-refractivity contribution in [2.24, 2.45) is 11.7 Å². The molecule has 134 valence electrons. The van der Waals surface area contributed by atoms with Gasteiger partial charge < -0.3 is 30.3 Å². The fourth-order valence-electron chi connectivity index (χ4n) is 2.86. The van der Waals surface area contributed by atoms with E-state index in [1.807, 2.05) is 6.92 Å². The van der Waals surface area contributed by atoms with Crippen LogP contribution >= 0.6 is 0 Å². The van der Waals surface area contributed by atoms with Gasteiger partial charge >= 0.3 is 0 Å². The molecule has 2 rings (SSSR count). The van der Waals surface area contributed by atoms with Gasteiger partial charge in [-0.25, -0.2) is 0 Å². The monoisotopic (exact) mass is 338 g/mol. The van der Waals surface area contributed by atoms with Crippen LogP contribution in [-0.2, 0) is 16.1 Å². The van der Waals surface area contributed by atoms with Crippen molar-refractivity contribution >= 4 is 5.91 Å². The minimum absolute atomic E-state index is 0.0514. The maximum absolute atomic E-state index is 12.1. The van der Waals surface area contributed by atoms with Gasteiger partial charge in [-0.1, -0.05) is 6.92 Å². The van der Waals surface area contributed by atoms with Crippen LogP contribution < -0.4 is 10.5 Å². The Morgan fingerprint density at radius 1 is 1.42 bits per heavy atom. The van der Waals surface area contributed by atoms with Crippen molar-refractivity contribution in [2.75, 3.05) is 13.7 Å². The summed E-state index contributed by atoms with van der Waals surface area (Å²) in [4.78, 5) is 13.8. The van der Waals surface area contributed by atoms with Crippen molar-refractivity contribution in [2.45, 2.75) is 45.2 Å². The number of likely N-dealkylation sites (tertiary alicyclic amines) is 1. The largest absolute Gasteiger partial charge is 0.507 e. The van der Waals surface area contributed by atoms with Crippen molar-refractivity contribution in [1.82, 2.24) is 4.90 Å². The number of carbonyl (C=O) groups is 1. The third-order valence-corrected chi connectivity index (χ3v) is 4.21. The van der Waals surface area contributed by atoms with Crippen molar-refractivity contribution in [3.63, 3.8) is 0 Å². The summed E-state index contributed by atoms with van der Waals surface area (Å²) in [5.41, 5.74) is 6.56. The third kappa shape index (κ3) is 3.98. The molecule has 1 unspecified atom stereocenters. The summed E-state index contributed by atoms with van der Waals surface area (Å²) >= 11 is 0. The van der Waals surface area contributed by atoms with Gasteiger partial charge in [-0.2, -0.15) is 0 Å². The Kier molecular flexibility index (Phi) is 5.37. The number of aromatic hydroxyl groups is 1. The number of carbonyl (C=O) groups excluding carboxylic acids is 1. The van der Waals surface area contributed by atoms with E-state index in [-0.39, 0.29) is 36.8 Å². The van der Waals surface area contributed by atoms with Gasteiger partial charge in [0.1, 0.15) is 17.5 Å². The van der Waals surface area contributed by atoms with Crippen LogP contribution in [0, 0.1) is 5.92 Å². The quantitative estimate of drug-likeness (QED) is 0.502. The highest BCUT2D eigenvalue weighted by Gasteiger charge is 2.47. The number of nitrogens with two attached hydrogens (primary N) is 1. The van der Waals surface area contributed by atoms with E-state index in [1.54, 1.807) is 30.9 Å². The number of hydrogen-bond acceptors (Lipinski definition) is 6. The molecule has 0 aliphatic carbocycles. The standard InChI is InChI=1S/C17H26N2O5/c1-10(9-24-17(2,3)22)15-14(18)16(21)19(15)8-11-5-6-12(23-4)7-13(11)20/h5-7,10,14-15,20,22H,8-9,18H2,1-4H3/t10-,14-,15?/m0/s1. The lowest BCUT2D eigenvalue weighted by molar-refractivity contribution is -0.191. The molecular formula is C17H26N2O5. The molecule has 7 heteroatoms. The molecular weight excluding hydrogens is 312 g/mol. The van der Waals surface area contributed by atoms with E-state index in [1.165, 1.54) is 13.2 Å². The number of benzene rings is 1. The molecule has 1 aromatic carbocycles. The molecule has 0 aromatic heterocycles. The average molecular weight is 338 g/mol. The first-order chi connectivity index (χ1) is 11.1. The molecule has 4 N–H and O–H groups in total. The first-order valence-corrected chi connectivity index (χ1v) is 7.92. The molecule has 3 atom stereocenters. The second kappa shape index (κ2) is 6.96. The van der Waals surface area contributed by atoms with E-state index < -0.39 is 11.8 Å². The number of rotatable bonds is 7. The molecule has 1 heterocycles. The highest BCUT2D eigenvalue weighted by molar-refractivity contribution is 5.89. The molecule has 1 amide bonds. The second-order valence-electron chi connectivity index (χ2n) is 6.71. The number of hydrogen-bond donors (Lipinski definition) is 3. The molecule has 24 heavy (non-hydrogen) atoms. The summed E-state index contributed by atoms with van der Waals surface area (Å²) in [7, 11) is 1.52. The van der Waals surface area contributed by atoms with Gasteiger partial charge in [0.25, 0.3) is 0 Å². The zero-order valence-electron chi connectivity index (χ0n) is 14.5. The van der Waals surface area contributed by atoms with Crippen molar-refractivity contribution in [3.8, 4) is 11.5 Å². The number of nitrogens with zero attached hydrogens (tertiary/aromatic N) is 1. The Morgan fingerprint density at radius 2 is 2.08 bits per heavy atom. The van der Waals surface area contributed by atoms with Gasteiger partial charge in [-0.3, -0.25) is 4.79 Å². The molecule has 0 radical (unpaired) electrons. The van der Waals surface area contributed by atoms with E-state index in [2.05, 4.69) is 0 Å². The number of phenolic OH excluding ortho intramolecular Hbond substituents is 1. The average Bonchev–Trinajstić information content (AvgIpc) is 2.52. The van der Waals surface area contributed by atoms with Crippen LogP contribution in [0.5, 0.6) is 11.5 Å². The Labute approximate surface area is 142 Å². The molecule has 1 aromatic rings. The SMILES string of the molecule is COc1ccc(CN2C(=O)[C@@H](N)C2[C@@H](C)COC(C)(C)O)c(O)c1. The molecule has 1 aliphatic rings. The van der Waals surface area contributed by atoms with E-state index in [9.17, 15) is 15.0 Å². The summed E-state index contributed by atoms with van der Waals surface area (Å²) < 4.78 is 10.4. The fraction of sp³-hybridized carbons (Fsp3) is 0.588. The van der Waals surface area contributed by atoms with Crippen LogP contribution in [0.2, 0.25) is 0 Å². The minimum atomic E-state index is -1.23. The zero-order valence-corrected chi connectivity index (χ0v) is 14.5. The van der Waals surface area contributed by atoms with Gasteiger partial charge in [-0.15, -0.1) is 0 Å². The molecule has 1 saturated heterocycles. The maximum Gasteiger partial charge on any atom is 0.242 e. The second-order valence-corrected chi connectivity index (χ2v) is 6.71. The van der Waals surface area contributed by atoms with Crippen LogP contribution in [0.4, 0.5) is 0 Å². The van der Waals surface area contributed by atoms with Crippen LogP contribution in [-0.4, -0.2) is 52.6 Å². The lowest BCUT2D eigenvalue weighted by Gasteiger charge is -2.48. The Morgan fingerprint density at radius 3 is 2.62 bits per heavy atom. The highest BCUT2D eigenvalue weighted by Crippen LogP contribution is 2.31. The van der Waals surface area contributed by atoms with Crippen molar-refractivity contribution < 1.29 is 24.5 Å². The molecule has 0 saturated carbocycles. The topological polar surface area (TPSA) is 105 Å². The minimum Gasteiger partial charge on any atom is -0.507 e. The summed E-state index contributed by atoms with van der Waals surface area (Å²) in [5, 5.41) is 19.7. The van der Waals surface area contributed by atoms with E-state index >= 15 is 0 Å². The van der Waals surface area contributed by atoms with Crippen LogP contribution in [0.3, 0.4) is 0 Å². The molecule has 1 aliphatic heterocycles. The zero-order chi connectivity index (χ0) is 18.1. The van der Waals surface area contributed by atoms with E-state index in [0.717, 1.165) is 0 Å². The van der Waals surface area contributed by atoms with Crippen LogP contribution in [0.1, 0.15) is 26.3 Å². The summed E-state index contributed by atoms with van der Waals surface area (Å²) in [6.45, 7) is 5.57. The summed E-state index contributed by atoms with van der Waals surface area (Å²) in [6.07, 6.45) is 0. The first-order valence-electron chi connectivity index (χ1n) is 7.92. The smallest absolute Gasteiger partial charge is 0.242 e. The third-order valence-electron chi connectivity index (χ3n) is 4.21. The number of methoxy groups -OCH3 is 1. The fourth-order valence-corrected chi connectivity index (χ4v) is 2.86. The van der Waals surface area contributed by atoms with Gasteiger partial charge in [0.2, 0.25) is 5.91 Å². The van der Waals surface area contributed by atoms with Crippen LogP contribution in [0.15, 0.2) is 18.2 Å². The number of amides is 1. The Balaban J connectivity index is 2.06. The lowest BCUT2D eigenvalue weighted by Crippen LogP contribution is -2.70. The van der Waals surface area contributed by atoms with Gasteiger partial charge in [0.15, 0.2) is 5.79 Å². The van der Waals surface area contributed by atoms with E-state index in [0.29, 0.717) is 11.3 Å². The number of β-lactam (4-membered cyclic amide) rings is 1. The summed E-state index contributed by atoms with van der Waals surface area (Å²) in [5.74, 6) is -0.825. The van der Waals surface area contributed by atoms with Gasteiger partial charge in [0.05, 0.1) is 19.8 Å². The van der Waals surface area contributed by atoms with Gasteiger partial charge in [-0.05, 0) is 26.0 Å². The lowest BCUT2D eigenvalue weighted by atomic mass is 9.85. The normalized spacial score (nSPS) is 22.2. The Hall–Kier alpha value is -1.83. The molecule has 7 nitrogen and oxygen atoms in total. The first kappa shape index (κ1) is 18.5. The van der Waals surface area contributed by atoms with Crippen molar-refractivity contribution in [1.29, 1.82) is 0 Å².